The van der Waals surface area contributed by atoms with Gasteiger partial charge < -0.3 is 15.8 Å². The maximum absolute atomic E-state index is 10.5. The molecule has 0 atom stereocenters. The predicted molar refractivity (Wildman–Crippen MR) is 67.4 cm³/mol. The first-order valence-electron chi connectivity index (χ1n) is 5.17. The number of rotatable bonds is 2. The van der Waals surface area contributed by atoms with Gasteiger partial charge in [0.05, 0.1) is 5.56 Å². The van der Waals surface area contributed by atoms with Crippen LogP contribution in [0.5, 0.6) is 0 Å². The highest BCUT2D eigenvalue weighted by Gasteiger charge is 2.03. The van der Waals surface area contributed by atoms with Crippen LogP contribution >= 0.6 is 0 Å². The van der Waals surface area contributed by atoms with Crippen molar-refractivity contribution in [2.24, 2.45) is 5.73 Å². The quantitative estimate of drug-likeness (QED) is 0.548. The van der Waals surface area contributed by atoms with E-state index in [0.717, 1.165) is 6.07 Å². The molecule has 5 N–H and O–H groups in total. The lowest BCUT2D eigenvalue weighted by molar-refractivity contribution is 0.0689. The number of carboxylic acid groups (broad SMARTS) is 1. The van der Waals surface area contributed by atoms with E-state index in [0.29, 0.717) is 5.56 Å². The number of nitrogens with one attached hydrogen (secondary N) is 2. The number of carboxylic acids is 1. The SMILES string of the molecule is NC(=O)c1cccnc1.O=C(O)c1cc(=O)[nH]c(=O)[nH]1. The zero-order chi connectivity index (χ0) is 15.1. The number of primary amides is 1. The number of hydrogen-bond acceptors (Lipinski definition) is 5. The fourth-order valence-corrected chi connectivity index (χ4v) is 1.09. The molecule has 2 aromatic rings. The fourth-order valence-electron chi connectivity index (χ4n) is 1.09. The molecule has 0 fully saturated rings. The molecule has 9 heteroatoms. The molecule has 0 saturated heterocycles. The van der Waals surface area contributed by atoms with Crippen LogP contribution in [0.15, 0.2) is 40.2 Å². The zero-order valence-corrected chi connectivity index (χ0v) is 9.99. The second kappa shape index (κ2) is 6.64. The summed E-state index contributed by atoms with van der Waals surface area (Å²) >= 11 is 0. The van der Waals surface area contributed by atoms with Crippen LogP contribution in [0.1, 0.15) is 20.8 Å². The van der Waals surface area contributed by atoms with Crippen molar-refractivity contribution >= 4 is 11.9 Å². The molecule has 0 spiro atoms. The van der Waals surface area contributed by atoms with Gasteiger partial charge in [-0.15, -0.1) is 0 Å². The molecule has 0 radical (unpaired) electrons. The summed E-state index contributed by atoms with van der Waals surface area (Å²) in [6, 6.07) is 4.08. The van der Waals surface area contributed by atoms with Crippen LogP contribution in [0.3, 0.4) is 0 Å². The lowest BCUT2D eigenvalue weighted by Crippen LogP contribution is -2.24. The molecule has 1 amide bonds. The number of carbonyl (C=O) groups is 2. The number of nitrogens with two attached hydrogens (primary N) is 1. The Morgan fingerprint density at radius 1 is 1.25 bits per heavy atom. The molecule has 2 heterocycles. The molecule has 2 aromatic heterocycles. The van der Waals surface area contributed by atoms with Crippen LogP contribution in [0, 0.1) is 0 Å². The van der Waals surface area contributed by atoms with Gasteiger partial charge in [0.15, 0.2) is 0 Å². The smallest absolute Gasteiger partial charge is 0.352 e. The summed E-state index contributed by atoms with van der Waals surface area (Å²) in [4.78, 5) is 49.0. The van der Waals surface area contributed by atoms with Crippen LogP contribution in [-0.2, 0) is 0 Å². The van der Waals surface area contributed by atoms with Gasteiger partial charge >= 0.3 is 11.7 Å². The fraction of sp³-hybridized carbons (Fsp3) is 0. The summed E-state index contributed by atoms with van der Waals surface area (Å²) < 4.78 is 0. The Kier molecular flexibility index (Phi) is 4.92. The summed E-state index contributed by atoms with van der Waals surface area (Å²) in [5, 5.41) is 8.31. The molecular weight excluding hydrogens is 268 g/mol. The molecule has 20 heavy (non-hydrogen) atoms. The van der Waals surface area contributed by atoms with Gasteiger partial charge in [-0.05, 0) is 12.1 Å². The van der Waals surface area contributed by atoms with Crippen molar-refractivity contribution in [3.05, 3.63) is 62.7 Å². The van der Waals surface area contributed by atoms with Gasteiger partial charge in [0.2, 0.25) is 5.91 Å². The van der Waals surface area contributed by atoms with E-state index in [1.807, 2.05) is 9.97 Å². The maximum atomic E-state index is 10.5. The second-order valence-corrected chi connectivity index (χ2v) is 3.41. The van der Waals surface area contributed by atoms with Crippen LogP contribution in [0.4, 0.5) is 0 Å². The molecule has 104 valence electrons. The van der Waals surface area contributed by atoms with E-state index in [-0.39, 0.29) is 0 Å². The minimum Gasteiger partial charge on any atom is -0.477 e. The van der Waals surface area contributed by atoms with Crippen LogP contribution in [-0.4, -0.2) is 31.9 Å². The van der Waals surface area contributed by atoms with E-state index in [1.165, 1.54) is 6.20 Å². The topological polar surface area (TPSA) is 159 Å². The number of hydrogen-bond donors (Lipinski definition) is 4. The first kappa shape index (κ1) is 14.8. The van der Waals surface area contributed by atoms with Crippen LogP contribution < -0.4 is 17.0 Å². The summed E-state index contributed by atoms with van der Waals surface area (Å²) in [6.45, 7) is 0. The number of carbonyl (C=O) groups excluding carboxylic acids is 1. The van der Waals surface area contributed by atoms with Crippen molar-refractivity contribution in [2.75, 3.05) is 0 Å². The van der Waals surface area contributed by atoms with Gasteiger partial charge in [0.1, 0.15) is 5.69 Å². The average Bonchev–Trinajstić information content (AvgIpc) is 2.39. The number of amides is 1. The van der Waals surface area contributed by atoms with Crippen LogP contribution in [0.2, 0.25) is 0 Å². The van der Waals surface area contributed by atoms with Gasteiger partial charge in [-0.3, -0.25) is 19.6 Å². The third kappa shape index (κ3) is 4.56. The monoisotopic (exact) mass is 278 g/mol. The summed E-state index contributed by atoms with van der Waals surface area (Å²) in [7, 11) is 0. The summed E-state index contributed by atoms with van der Waals surface area (Å²) in [5.74, 6) is -1.78. The van der Waals surface area contributed by atoms with Gasteiger partial charge in [-0.25, -0.2) is 9.59 Å². The standard InChI is InChI=1S/C6H6N2O.C5H4N2O4/c7-6(9)5-2-1-3-8-4-5;8-3-1-2(4(9)10)6-5(11)7-3/h1-4H,(H2,7,9);1H,(H,9,10)(H2,6,7,8,11). The lowest BCUT2D eigenvalue weighted by atomic mass is 10.3. The predicted octanol–water partition coefficient (Wildman–Crippen LogP) is -1.06. The lowest BCUT2D eigenvalue weighted by Gasteiger charge is -1.89. The Morgan fingerprint density at radius 3 is 2.35 bits per heavy atom. The van der Waals surface area contributed by atoms with Gasteiger partial charge in [0, 0.05) is 18.5 Å². The van der Waals surface area contributed by atoms with Crippen molar-refractivity contribution in [1.29, 1.82) is 0 Å². The van der Waals surface area contributed by atoms with Crippen molar-refractivity contribution < 1.29 is 14.7 Å². The van der Waals surface area contributed by atoms with E-state index in [4.69, 9.17) is 10.8 Å². The normalized spacial score (nSPS) is 9.20. The molecule has 0 aliphatic carbocycles. The number of pyridine rings is 1. The number of aromatic nitrogens is 3. The first-order chi connectivity index (χ1) is 9.40. The van der Waals surface area contributed by atoms with Gasteiger partial charge in [-0.2, -0.15) is 0 Å². The Hall–Kier alpha value is -3.23. The molecule has 0 aliphatic heterocycles. The highest BCUT2D eigenvalue weighted by molar-refractivity contribution is 5.92. The van der Waals surface area contributed by atoms with Gasteiger partial charge in [0.25, 0.3) is 5.56 Å². The Bertz CT molecular complexity index is 691. The van der Waals surface area contributed by atoms with Gasteiger partial charge in [-0.1, -0.05) is 0 Å². The molecule has 9 nitrogen and oxygen atoms in total. The molecule has 0 aromatic carbocycles. The van der Waals surface area contributed by atoms with Crippen molar-refractivity contribution in [2.45, 2.75) is 0 Å². The highest BCUT2D eigenvalue weighted by Crippen LogP contribution is 1.91. The molecular formula is C11H10N4O5. The van der Waals surface area contributed by atoms with E-state index >= 15 is 0 Å². The molecule has 0 unspecified atom stereocenters. The number of H-pyrrole nitrogens is 2. The first-order valence-corrected chi connectivity index (χ1v) is 5.17. The van der Waals surface area contributed by atoms with E-state index in [9.17, 15) is 19.2 Å². The number of aromatic carboxylic acids is 1. The largest absolute Gasteiger partial charge is 0.477 e. The van der Waals surface area contributed by atoms with Crippen molar-refractivity contribution in [1.82, 2.24) is 15.0 Å². The second-order valence-electron chi connectivity index (χ2n) is 3.41. The summed E-state index contributed by atoms with van der Waals surface area (Å²) in [5.41, 5.74) is 3.40. The molecule has 0 aliphatic rings. The van der Waals surface area contributed by atoms with Crippen molar-refractivity contribution in [3.8, 4) is 0 Å². The van der Waals surface area contributed by atoms with Crippen LogP contribution in [0.25, 0.3) is 0 Å². The molecule has 2 rings (SSSR count). The zero-order valence-electron chi connectivity index (χ0n) is 9.99. The minimum absolute atomic E-state index is 0.418. The number of aromatic amines is 2. The highest BCUT2D eigenvalue weighted by atomic mass is 16.4. The Morgan fingerprint density at radius 2 is 1.95 bits per heavy atom. The third-order valence-corrected chi connectivity index (χ3v) is 1.94. The number of nitrogens with zero attached hydrogens (tertiary/aromatic N) is 1. The molecule has 0 saturated carbocycles. The summed E-state index contributed by atoms with van der Waals surface area (Å²) in [6.07, 6.45) is 3.02. The van der Waals surface area contributed by atoms with E-state index in [1.54, 1.807) is 18.3 Å². The third-order valence-electron chi connectivity index (χ3n) is 1.94. The van der Waals surface area contributed by atoms with E-state index in [2.05, 4.69) is 4.98 Å². The Balaban J connectivity index is 0.000000204. The maximum Gasteiger partial charge on any atom is 0.352 e. The molecule has 0 bridgehead atoms. The van der Waals surface area contributed by atoms with Crippen molar-refractivity contribution in [3.63, 3.8) is 0 Å². The Labute approximate surface area is 111 Å². The minimum atomic E-state index is -1.34. The van der Waals surface area contributed by atoms with E-state index < -0.39 is 28.8 Å². The average molecular weight is 278 g/mol.